The van der Waals surface area contributed by atoms with Crippen LogP contribution in [0.25, 0.3) is 0 Å². The van der Waals surface area contributed by atoms with Crippen LogP contribution in [0.3, 0.4) is 0 Å². The van der Waals surface area contributed by atoms with Crippen LogP contribution in [0.2, 0.25) is 0 Å². The Hall–Kier alpha value is -1.52. The summed E-state index contributed by atoms with van der Waals surface area (Å²) in [4.78, 5) is 16.0. The van der Waals surface area contributed by atoms with Gasteiger partial charge in [-0.1, -0.05) is 78.2 Å². The smallest absolute Gasteiger partial charge is 0.358 e. The van der Waals surface area contributed by atoms with Crippen molar-refractivity contribution in [2.24, 2.45) is 34.4 Å². The maximum absolute atomic E-state index is 11.5. The first kappa shape index (κ1) is 24.5. The minimum Gasteiger partial charge on any atom is -0.367 e. The maximum Gasteiger partial charge on any atom is 0.358 e. The van der Waals surface area contributed by atoms with Gasteiger partial charge in [-0.05, 0) is 42.7 Å². The summed E-state index contributed by atoms with van der Waals surface area (Å²) in [6.07, 6.45) is 12.7. The van der Waals surface area contributed by atoms with Gasteiger partial charge in [-0.15, -0.1) is 0 Å². The molecule has 2 atom stereocenters. The van der Waals surface area contributed by atoms with Gasteiger partial charge in [0.1, 0.15) is 0 Å². The van der Waals surface area contributed by atoms with Crippen molar-refractivity contribution in [3.8, 4) is 0 Å². The molecule has 4 N–H and O–H groups in total. The molecule has 0 saturated carbocycles. The van der Waals surface area contributed by atoms with Crippen LogP contribution in [0, 0.1) is 17.8 Å². The molecule has 0 aromatic rings. The van der Waals surface area contributed by atoms with Gasteiger partial charge in [-0.25, -0.2) is 4.79 Å². The molecule has 5 nitrogen and oxygen atoms in total. The number of rotatable bonds is 14. The van der Waals surface area contributed by atoms with Gasteiger partial charge in [0.25, 0.3) is 0 Å². The Morgan fingerprint density at radius 2 is 1.42 bits per heavy atom. The van der Waals surface area contributed by atoms with Crippen LogP contribution in [0.1, 0.15) is 92.4 Å². The molecule has 0 aliphatic carbocycles. The molecule has 0 saturated heterocycles. The molecule has 0 bridgehead atoms. The van der Waals surface area contributed by atoms with Crippen molar-refractivity contribution < 1.29 is 9.63 Å². The quantitative estimate of drug-likeness (QED) is 0.147. The zero-order valence-corrected chi connectivity index (χ0v) is 17.6. The largest absolute Gasteiger partial charge is 0.367 e. The summed E-state index contributed by atoms with van der Waals surface area (Å²) >= 11 is 0. The van der Waals surface area contributed by atoms with Gasteiger partial charge in [0.2, 0.25) is 5.96 Å². The van der Waals surface area contributed by atoms with Crippen molar-refractivity contribution in [2.75, 3.05) is 0 Å². The Kier molecular flexibility index (Phi) is 13.8. The fraction of sp³-hybridized carbons (Fsp3) is 0.810. The van der Waals surface area contributed by atoms with E-state index in [-0.39, 0.29) is 5.96 Å². The molecule has 152 valence electrons. The van der Waals surface area contributed by atoms with E-state index < -0.39 is 5.97 Å². The van der Waals surface area contributed by atoms with Gasteiger partial charge >= 0.3 is 5.97 Å². The highest BCUT2D eigenvalue weighted by molar-refractivity contribution is 5.84. The second-order valence-corrected chi connectivity index (χ2v) is 8.28. The highest BCUT2D eigenvalue weighted by Gasteiger charge is 2.07. The molecule has 0 spiro atoms. The van der Waals surface area contributed by atoms with Crippen molar-refractivity contribution in [3.63, 3.8) is 0 Å². The molecule has 5 heteroatoms. The van der Waals surface area contributed by atoms with Gasteiger partial charge in [0, 0.05) is 6.08 Å². The lowest BCUT2D eigenvalue weighted by molar-refractivity contribution is -0.137. The molecule has 26 heavy (non-hydrogen) atoms. The third kappa shape index (κ3) is 16.0. The number of nitrogens with zero attached hydrogens (tertiary/aromatic N) is 1. The van der Waals surface area contributed by atoms with Crippen LogP contribution < -0.4 is 11.5 Å². The average molecular weight is 368 g/mol. The number of carbonyl (C=O) groups is 1. The molecule has 0 radical (unpaired) electrons. The first-order valence-electron chi connectivity index (χ1n) is 10.2. The second-order valence-electron chi connectivity index (χ2n) is 8.28. The predicted octanol–water partition coefficient (Wildman–Crippen LogP) is 5.10. The predicted molar refractivity (Wildman–Crippen MR) is 110 cm³/mol. The van der Waals surface area contributed by atoms with E-state index in [1.165, 1.54) is 51.0 Å². The van der Waals surface area contributed by atoms with Gasteiger partial charge in [0.05, 0.1) is 0 Å². The van der Waals surface area contributed by atoms with Crippen LogP contribution in [0.4, 0.5) is 0 Å². The normalized spacial score (nSPS) is 14.2. The lowest BCUT2D eigenvalue weighted by Crippen LogP contribution is -2.23. The molecule has 0 rings (SSSR count). The van der Waals surface area contributed by atoms with Crippen LogP contribution in [-0.2, 0) is 9.63 Å². The maximum atomic E-state index is 11.5. The van der Waals surface area contributed by atoms with Crippen LogP contribution in [0.5, 0.6) is 0 Å². The highest BCUT2D eigenvalue weighted by atomic mass is 16.7. The molecule has 0 aliphatic heterocycles. The summed E-state index contributed by atoms with van der Waals surface area (Å²) < 4.78 is 0. The second kappa shape index (κ2) is 14.6. The number of hydrogen-bond acceptors (Lipinski definition) is 3. The van der Waals surface area contributed by atoms with E-state index in [2.05, 4.69) is 37.7 Å². The summed E-state index contributed by atoms with van der Waals surface area (Å²) in [6, 6.07) is 0. The highest BCUT2D eigenvalue weighted by Crippen LogP contribution is 2.22. The molecule has 0 unspecified atom stereocenters. The van der Waals surface area contributed by atoms with E-state index >= 15 is 0 Å². The number of oxime groups is 1. The van der Waals surface area contributed by atoms with E-state index in [0.717, 1.165) is 36.2 Å². The fourth-order valence-corrected chi connectivity index (χ4v) is 3.10. The molecule has 0 amide bonds. The van der Waals surface area contributed by atoms with Crippen molar-refractivity contribution in [2.45, 2.75) is 92.4 Å². The van der Waals surface area contributed by atoms with Crippen LogP contribution in [0.15, 0.2) is 16.8 Å². The Labute approximate surface area is 160 Å². The van der Waals surface area contributed by atoms with Crippen LogP contribution in [-0.4, -0.2) is 11.9 Å². The fourth-order valence-electron chi connectivity index (χ4n) is 3.10. The number of carbonyl (C=O) groups excluding carboxylic acids is 1. The Morgan fingerprint density at radius 1 is 0.923 bits per heavy atom. The molecule has 0 aromatic heterocycles. The molecule has 0 fully saturated rings. The third-order valence-electron chi connectivity index (χ3n) is 4.75. The molecule has 0 heterocycles. The molecule has 0 aromatic carbocycles. The zero-order valence-electron chi connectivity index (χ0n) is 17.6. The summed E-state index contributed by atoms with van der Waals surface area (Å²) in [6.45, 7) is 11.3. The van der Waals surface area contributed by atoms with Gasteiger partial charge < -0.3 is 16.3 Å². The summed E-state index contributed by atoms with van der Waals surface area (Å²) in [5.74, 6) is 1.62. The third-order valence-corrected chi connectivity index (χ3v) is 4.75. The molecule has 0 aliphatic rings. The topological polar surface area (TPSA) is 90.7 Å². The minimum atomic E-state index is -0.532. The first-order chi connectivity index (χ1) is 12.2. The van der Waals surface area contributed by atoms with Crippen molar-refractivity contribution in [1.29, 1.82) is 0 Å². The van der Waals surface area contributed by atoms with E-state index in [1.54, 1.807) is 0 Å². The van der Waals surface area contributed by atoms with Gasteiger partial charge in [-0.2, -0.15) is 0 Å². The summed E-state index contributed by atoms with van der Waals surface area (Å²) in [5, 5.41) is 3.24. The SMILES string of the molecule is C/C(=C\C(=O)ON=C(N)N)CCC[C@H](C)CCC[C@H](C)CCCC(C)C. The Morgan fingerprint density at radius 3 is 1.92 bits per heavy atom. The number of allylic oxidation sites excluding steroid dienone is 1. The van der Waals surface area contributed by atoms with Gasteiger partial charge in [-0.3, -0.25) is 0 Å². The summed E-state index contributed by atoms with van der Waals surface area (Å²) in [7, 11) is 0. The van der Waals surface area contributed by atoms with E-state index in [1.807, 2.05) is 6.92 Å². The Balaban J connectivity index is 3.80. The Bertz CT molecular complexity index is 441. The van der Waals surface area contributed by atoms with Crippen molar-refractivity contribution in [3.05, 3.63) is 11.6 Å². The van der Waals surface area contributed by atoms with Crippen LogP contribution >= 0.6 is 0 Å². The summed E-state index contributed by atoms with van der Waals surface area (Å²) in [5.41, 5.74) is 11.2. The standard InChI is InChI=1S/C21H41N3O2/c1-16(2)9-6-10-17(3)11-7-12-18(4)13-8-14-19(5)15-20(25)26-24-21(22)23/h15-18H,6-14H2,1-5H3,(H4,22,23,24)/b19-15+/t17-,18-/m1/s1. The number of hydrogen-bond donors (Lipinski definition) is 2. The van der Waals surface area contributed by atoms with E-state index in [9.17, 15) is 4.79 Å². The average Bonchev–Trinajstić information content (AvgIpc) is 2.52. The molecular formula is C21H41N3O2. The lowest BCUT2D eigenvalue weighted by atomic mass is 9.91. The monoisotopic (exact) mass is 367 g/mol. The zero-order chi connectivity index (χ0) is 19.9. The van der Waals surface area contributed by atoms with Crippen molar-refractivity contribution >= 4 is 11.9 Å². The number of guanidine groups is 1. The van der Waals surface area contributed by atoms with Crippen molar-refractivity contribution in [1.82, 2.24) is 0 Å². The number of nitrogens with two attached hydrogens (primary N) is 2. The lowest BCUT2D eigenvalue weighted by Gasteiger charge is -2.15. The van der Waals surface area contributed by atoms with E-state index in [0.29, 0.717) is 0 Å². The first-order valence-corrected chi connectivity index (χ1v) is 10.2. The molecular weight excluding hydrogens is 326 g/mol. The minimum absolute atomic E-state index is 0.257. The van der Waals surface area contributed by atoms with Gasteiger partial charge in [0.15, 0.2) is 0 Å². The van der Waals surface area contributed by atoms with E-state index in [4.69, 9.17) is 11.5 Å².